The molecule has 1 atom stereocenters. The Hall–Kier alpha value is -2.31. The Balaban J connectivity index is 1.76. The molecule has 0 bridgehead atoms. The number of nitrogens with zero attached hydrogens (tertiary/aromatic N) is 1. The summed E-state index contributed by atoms with van der Waals surface area (Å²) in [4.78, 5) is 17.0. The fraction of sp³-hybridized carbons (Fsp3) is 0.238. The van der Waals surface area contributed by atoms with Crippen LogP contribution in [0.4, 0.5) is 0 Å². The lowest BCUT2D eigenvalue weighted by atomic mass is 10.0. The van der Waals surface area contributed by atoms with Crippen molar-refractivity contribution in [3.05, 3.63) is 82.3 Å². The number of benzene rings is 2. The van der Waals surface area contributed by atoms with Crippen LogP contribution >= 0.6 is 11.3 Å². The molecule has 140 valence electrons. The second-order valence-corrected chi connectivity index (χ2v) is 9.45. The summed E-state index contributed by atoms with van der Waals surface area (Å²) in [5, 5.41) is 2.59. The Kier molecular flexibility index (Phi) is 6.19. The van der Waals surface area contributed by atoms with E-state index in [1.54, 1.807) is 42.6 Å². The number of sulfone groups is 1. The molecule has 0 spiro atoms. The molecule has 4 nitrogen and oxygen atoms in total. The molecule has 0 saturated carbocycles. The Morgan fingerprint density at radius 1 is 1.07 bits per heavy atom. The van der Waals surface area contributed by atoms with Gasteiger partial charge in [-0.05, 0) is 25.5 Å². The van der Waals surface area contributed by atoms with E-state index in [4.69, 9.17) is 0 Å². The van der Waals surface area contributed by atoms with Crippen molar-refractivity contribution in [1.29, 1.82) is 0 Å². The van der Waals surface area contributed by atoms with Crippen molar-refractivity contribution in [3.63, 3.8) is 0 Å². The van der Waals surface area contributed by atoms with Crippen molar-refractivity contribution in [1.82, 2.24) is 4.98 Å². The third-order valence-electron chi connectivity index (χ3n) is 4.42. The number of hydrogen-bond acceptors (Lipinski definition) is 5. The van der Waals surface area contributed by atoms with Crippen LogP contribution in [0, 0.1) is 6.92 Å². The van der Waals surface area contributed by atoms with Crippen molar-refractivity contribution in [2.24, 2.45) is 0 Å². The lowest BCUT2D eigenvalue weighted by Crippen LogP contribution is -2.16. The molecule has 27 heavy (non-hydrogen) atoms. The van der Waals surface area contributed by atoms with E-state index >= 15 is 0 Å². The van der Waals surface area contributed by atoms with Crippen molar-refractivity contribution in [2.45, 2.75) is 30.6 Å². The summed E-state index contributed by atoms with van der Waals surface area (Å²) in [6.07, 6.45) is 2.41. The zero-order valence-corrected chi connectivity index (χ0v) is 16.7. The summed E-state index contributed by atoms with van der Waals surface area (Å²) in [6.45, 7) is 1.92. The molecule has 3 aromatic rings. The van der Waals surface area contributed by atoms with Crippen LogP contribution in [0.25, 0.3) is 0 Å². The van der Waals surface area contributed by atoms with E-state index in [0.717, 1.165) is 10.6 Å². The molecule has 6 heteroatoms. The zero-order chi connectivity index (χ0) is 19.3. The highest BCUT2D eigenvalue weighted by Crippen LogP contribution is 2.28. The first-order chi connectivity index (χ1) is 13.0. The third kappa shape index (κ3) is 5.11. The van der Waals surface area contributed by atoms with Crippen LogP contribution in [-0.2, 0) is 9.84 Å². The molecule has 0 radical (unpaired) electrons. The van der Waals surface area contributed by atoms with Gasteiger partial charge in [0.1, 0.15) is 0 Å². The molecule has 2 aromatic carbocycles. The SMILES string of the molecule is Cc1ccc(S(=O)(=O)CC(CCC(=O)c2ccccc2)c2nccs2)cc1. The highest BCUT2D eigenvalue weighted by molar-refractivity contribution is 7.91. The van der Waals surface area contributed by atoms with Crippen LogP contribution in [0.15, 0.2) is 71.1 Å². The maximum absolute atomic E-state index is 12.9. The number of carbonyl (C=O) groups excluding carboxylic acids is 1. The van der Waals surface area contributed by atoms with Crippen LogP contribution in [0.1, 0.15) is 39.7 Å². The lowest BCUT2D eigenvalue weighted by Gasteiger charge is -2.15. The highest BCUT2D eigenvalue weighted by atomic mass is 32.2. The standard InChI is InChI=1S/C21H21NO3S2/c1-16-7-10-19(11-8-16)27(24,25)15-18(21-22-13-14-26-21)9-12-20(23)17-5-3-2-4-6-17/h2-8,10-11,13-14,18H,9,12,15H2,1H3. The van der Waals surface area contributed by atoms with Crippen LogP contribution in [-0.4, -0.2) is 24.9 Å². The fourth-order valence-corrected chi connectivity index (χ4v) is 5.37. The second kappa shape index (κ2) is 8.59. The topological polar surface area (TPSA) is 64.1 Å². The van der Waals surface area contributed by atoms with Crippen LogP contribution in [0.2, 0.25) is 0 Å². The van der Waals surface area contributed by atoms with E-state index in [-0.39, 0.29) is 23.9 Å². The number of ketones is 1. The smallest absolute Gasteiger partial charge is 0.179 e. The molecule has 0 fully saturated rings. The van der Waals surface area contributed by atoms with Gasteiger partial charge in [-0.25, -0.2) is 13.4 Å². The van der Waals surface area contributed by atoms with Gasteiger partial charge >= 0.3 is 0 Å². The molecular weight excluding hydrogens is 378 g/mol. The van der Waals surface area contributed by atoms with Crippen LogP contribution < -0.4 is 0 Å². The Bertz CT molecular complexity index is 980. The summed E-state index contributed by atoms with van der Waals surface area (Å²) >= 11 is 1.43. The predicted molar refractivity (Wildman–Crippen MR) is 108 cm³/mol. The molecule has 1 aromatic heterocycles. The van der Waals surface area contributed by atoms with E-state index in [9.17, 15) is 13.2 Å². The van der Waals surface area contributed by atoms with Crippen molar-refractivity contribution in [2.75, 3.05) is 5.75 Å². The lowest BCUT2D eigenvalue weighted by molar-refractivity contribution is 0.0978. The Morgan fingerprint density at radius 3 is 2.41 bits per heavy atom. The fourth-order valence-electron chi connectivity index (χ4n) is 2.89. The maximum atomic E-state index is 12.9. The minimum atomic E-state index is -3.46. The normalized spacial score (nSPS) is 12.6. The van der Waals surface area contributed by atoms with Crippen LogP contribution in [0.3, 0.4) is 0 Å². The molecule has 0 aliphatic heterocycles. The average molecular weight is 400 g/mol. The van der Waals surface area contributed by atoms with Crippen molar-refractivity contribution in [3.8, 4) is 0 Å². The van der Waals surface area contributed by atoms with Gasteiger partial charge in [-0.15, -0.1) is 11.3 Å². The summed E-state index contributed by atoms with van der Waals surface area (Å²) in [7, 11) is -3.46. The molecule has 1 unspecified atom stereocenters. The summed E-state index contributed by atoms with van der Waals surface area (Å²) in [6, 6.07) is 15.9. The van der Waals surface area contributed by atoms with Crippen molar-refractivity contribution >= 4 is 27.0 Å². The number of carbonyl (C=O) groups is 1. The first kappa shape index (κ1) is 19.5. The quantitative estimate of drug-likeness (QED) is 0.516. The molecule has 0 amide bonds. The van der Waals surface area contributed by atoms with E-state index in [2.05, 4.69) is 4.98 Å². The molecular formula is C21H21NO3S2. The average Bonchev–Trinajstić information content (AvgIpc) is 3.20. The van der Waals surface area contributed by atoms with E-state index < -0.39 is 9.84 Å². The van der Waals surface area contributed by atoms with Gasteiger partial charge in [0.25, 0.3) is 0 Å². The van der Waals surface area contributed by atoms with Crippen LogP contribution in [0.5, 0.6) is 0 Å². The van der Waals surface area contributed by atoms with Gasteiger partial charge in [-0.1, -0.05) is 48.0 Å². The first-order valence-corrected chi connectivity index (χ1v) is 11.3. The number of aryl methyl sites for hydroxylation is 1. The summed E-state index contributed by atoms with van der Waals surface area (Å²) in [5.74, 6) is -0.333. The summed E-state index contributed by atoms with van der Waals surface area (Å²) in [5.41, 5.74) is 1.66. The second-order valence-electron chi connectivity index (χ2n) is 6.49. The van der Waals surface area contributed by atoms with Gasteiger partial charge in [0, 0.05) is 29.5 Å². The minimum absolute atomic E-state index is 0.0184. The molecule has 1 heterocycles. The zero-order valence-electron chi connectivity index (χ0n) is 15.0. The van der Waals surface area contributed by atoms with Gasteiger partial charge in [0.2, 0.25) is 0 Å². The molecule has 0 aliphatic rings. The van der Waals surface area contributed by atoms with E-state index in [0.29, 0.717) is 16.9 Å². The molecule has 0 saturated heterocycles. The third-order valence-corrected chi connectivity index (χ3v) is 7.19. The number of rotatable bonds is 8. The predicted octanol–water partition coefficient (Wildman–Crippen LogP) is 4.67. The Labute approximate surface area is 163 Å². The van der Waals surface area contributed by atoms with E-state index in [1.165, 1.54) is 11.3 Å². The largest absolute Gasteiger partial charge is 0.294 e. The highest BCUT2D eigenvalue weighted by Gasteiger charge is 2.25. The Morgan fingerprint density at radius 2 is 1.78 bits per heavy atom. The van der Waals surface area contributed by atoms with E-state index in [1.807, 2.05) is 30.5 Å². The van der Waals surface area contributed by atoms with Gasteiger partial charge in [-0.2, -0.15) is 0 Å². The summed E-state index contributed by atoms with van der Waals surface area (Å²) < 4.78 is 25.7. The number of aromatic nitrogens is 1. The minimum Gasteiger partial charge on any atom is -0.294 e. The van der Waals surface area contributed by atoms with Gasteiger partial charge < -0.3 is 0 Å². The first-order valence-electron chi connectivity index (χ1n) is 8.73. The number of thiazole rings is 1. The maximum Gasteiger partial charge on any atom is 0.179 e. The molecule has 0 N–H and O–H groups in total. The molecule has 0 aliphatic carbocycles. The van der Waals surface area contributed by atoms with Gasteiger partial charge in [0.05, 0.1) is 15.7 Å². The number of hydrogen-bond donors (Lipinski definition) is 0. The van der Waals surface area contributed by atoms with Crippen molar-refractivity contribution < 1.29 is 13.2 Å². The number of Topliss-reactive ketones (excluding diaryl/α,β-unsaturated/α-hetero) is 1. The monoisotopic (exact) mass is 399 g/mol. The molecule has 3 rings (SSSR count). The van der Waals surface area contributed by atoms with Gasteiger partial charge in [-0.3, -0.25) is 4.79 Å². The van der Waals surface area contributed by atoms with Gasteiger partial charge in [0.15, 0.2) is 15.6 Å².